The number of carbonyl (C=O) groups is 1. The van der Waals surface area contributed by atoms with E-state index < -0.39 is 18.1 Å². The predicted molar refractivity (Wildman–Crippen MR) is 61.6 cm³/mol. The highest BCUT2D eigenvalue weighted by molar-refractivity contribution is 5.73. The van der Waals surface area contributed by atoms with Crippen LogP contribution in [-0.2, 0) is 16.1 Å². The summed E-state index contributed by atoms with van der Waals surface area (Å²) in [5.41, 5.74) is 6.09. The molecule has 0 bridgehead atoms. The van der Waals surface area contributed by atoms with Gasteiger partial charge in [-0.15, -0.1) is 0 Å². The molecular formula is C12H17NO4. The first-order valence-corrected chi connectivity index (χ1v) is 5.40. The van der Waals surface area contributed by atoms with Gasteiger partial charge in [-0.3, -0.25) is 4.79 Å². The highest BCUT2D eigenvalue weighted by Gasteiger charge is 2.25. The molecule has 0 radical (unpaired) electrons. The minimum atomic E-state index is -1.31. The third-order valence-electron chi connectivity index (χ3n) is 2.38. The molecule has 94 valence electrons. The van der Waals surface area contributed by atoms with E-state index in [1.165, 1.54) is 0 Å². The number of hydrogen-bond acceptors (Lipinski definition) is 5. The number of esters is 1. The molecule has 1 aromatic rings. The lowest BCUT2D eigenvalue weighted by molar-refractivity contribution is -0.154. The lowest BCUT2D eigenvalue weighted by atomic mass is 10.1. The molecule has 0 spiro atoms. The van der Waals surface area contributed by atoms with Crippen molar-refractivity contribution in [2.75, 3.05) is 6.61 Å². The lowest BCUT2D eigenvalue weighted by Gasteiger charge is -2.17. The highest BCUT2D eigenvalue weighted by atomic mass is 16.5. The summed E-state index contributed by atoms with van der Waals surface area (Å²) in [5, 5.41) is 17.9. The lowest BCUT2D eigenvalue weighted by Crippen LogP contribution is -2.36. The number of rotatable bonds is 6. The molecule has 2 atom stereocenters. The number of hydrogen-bond donors (Lipinski definition) is 3. The summed E-state index contributed by atoms with van der Waals surface area (Å²) in [5.74, 6) is -1.48. The van der Waals surface area contributed by atoms with Gasteiger partial charge < -0.3 is 20.7 Å². The number of aliphatic hydroxyl groups is 2. The molecule has 0 aliphatic rings. The molecule has 1 aromatic carbocycles. The molecule has 0 saturated carbocycles. The summed E-state index contributed by atoms with van der Waals surface area (Å²) >= 11 is 0. The summed E-state index contributed by atoms with van der Waals surface area (Å²) < 4.78 is 5.01. The molecule has 0 aliphatic carbocycles. The van der Waals surface area contributed by atoms with E-state index in [0.717, 1.165) is 5.56 Å². The minimum Gasteiger partial charge on any atom is -0.460 e. The minimum absolute atomic E-state index is 0.0886. The third-order valence-corrected chi connectivity index (χ3v) is 2.38. The van der Waals surface area contributed by atoms with Crippen LogP contribution in [0.4, 0.5) is 0 Å². The number of ether oxygens (including phenoxy) is 1. The van der Waals surface area contributed by atoms with Gasteiger partial charge in [0.15, 0.2) is 0 Å². The summed E-state index contributed by atoms with van der Waals surface area (Å²) in [6.45, 7) is -0.0896. The van der Waals surface area contributed by atoms with Gasteiger partial charge in [0.1, 0.15) is 12.8 Å². The fraction of sp³-hybridized carbons (Fsp3) is 0.417. The van der Waals surface area contributed by atoms with Crippen LogP contribution in [0.2, 0.25) is 0 Å². The first-order chi connectivity index (χ1) is 8.15. The summed E-state index contributed by atoms with van der Waals surface area (Å²) in [7, 11) is 0. The molecule has 17 heavy (non-hydrogen) atoms. The fourth-order valence-electron chi connectivity index (χ4n) is 1.40. The normalized spacial score (nSPS) is 14.1. The van der Waals surface area contributed by atoms with E-state index in [2.05, 4.69) is 0 Å². The van der Waals surface area contributed by atoms with Gasteiger partial charge in [0.2, 0.25) is 0 Å². The van der Waals surface area contributed by atoms with Crippen LogP contribution < -0.4 is 5.73 Å². The molecule has 0 heterocycles. The molecular weight excluding hydrogens is 222 g/mol. The van der Waals surface area contributed by atoms with Gasteiger partial charge in [-0.25, -0.2) is 0 Å². The Morgan fingerprint density at radius 1 is 1.35 bits per heavy atom. The Kier molecular flexibility index (Phi) is 5.62. The number of benzene rings is 1. The van der Waals surface area contributed by atoms with Crippen molar-refractivity contribution in [1.29, 1.82) is 0 Å². The van der Waals surface area contributed by atoms with E-state index >= 15 is 0 Å². The van der Waals surface area contributed by atoms with Gasteiger partial charge in [-0.1, -0.05) is 30.3 Å². The van der Waals surface area contributed by atoms with Crippen LogP contribution in [0.1, 0.15) is 12.0 Å². The summed E-state index contributed by atoms with van der Waals surface area (Å²) in [6, 6.07) is 9.20. The predicted octanol–water partition coefficient (Wildman–Crippen LogP) is 0.00550. The van der Waals surface area contributed by atoms with Crippen LogP contribution in [0.5, 0.6) is 0 Å². The van der Waals surface area contributed by atoms with Crippen LogP contribution in [0, 0.1) is 5.92 Å². The van der Waals surface area contributed by atoms with Crippen molar-refractivity contribution >= 4 is 5.97 Å². The van der Waals surface area contributed by atoms with E-state index in [1.54, 1.807) is 0 Å². The molecule has 0 unspecified atom stereocenters. The fourth-order valence-corrected chi connectivity index (χ4v) is 1.40. The zero-order valence-electron chi connectivity index (χ0n) is 9.45. The van der Waals surface area contributed by atoms with Gasteiger partial charge in [-0.2, -0.15) is 0 Å². The standard InChI is InChI=1S/C12H17NO4/c13-11(15)10(6-7-14)12(16)17-8-9-4-2-1-3-5-9/h1-5,10-11,14-15H,6-8,13H2/t10-,11-/m1/s1. The zero-order chi connectivity index (χ0) is 12.7. The zero-order valence-corrected chi connectivity index (χ0v) is 9.45. The van der Waals surface area contributed by atoms with E-state index in [0.29, 0.717) is 0 Å². The van der Waals surface area contributed by atoms with Crippen LogP contribution in [-0.4, -0.2) is 29.0 Å². The second-order valence-electron chi connectivity index (χ2n) is 3.70. The number of carbonyl (C=O) groups excluding carboxylic acids is 1. The van der Waals surface area contributed by atoms with Crippen molar-refractivity contribution in [3.63, 3.8) is 0 Å². The molecule has 0 aromatic heterocycles. The Bertz CT molecular complexity index is 340. The van der Waals surface area contributed by atoms with Gasteiger partial charge in [0, 0.05) is 6.61 Å². The number of nitrogens with two attached hydrogens (primary N) is 1. The van der Waals surface area contributed by atoms with Crippen molar-refractivity contribution in [1.82, 2.24) is 0 Å². The van der Waals surface area contributed by atoms with Crippen molar-refractivity contribution in [3.05, 3.63) is 35.9 Å². The van der Waals surface area contributed by atoms with Crippen LogP contribution in [0.3, 0.4) is 0 Å². The van der Waals surface area contributed by atoms with E-state index in [-0.39, 0.29) is 19.6 Å². The molecule has 0 fully saturated rings. The van der Waals surface area contributed by atoms with Gasteiger partial charge in [0.05, 0.1) is 5.92 Å². The topological polar surface area (TPSA) is 92.8 Å². The van der Waals surface area contributed by atoms with Crippen molar-refractivity contribution < 1.29 is 19.7 Å². The van der Waals surface area contributed by atoms with Crippen LogP contribution >= 0.6 is 0 Å². The van der Waals surface area contributed by atoms with E-state index in [4.69, 9.17) is 15.6 Å². The largest absolute Gasteiger partial charge is 0.460 e. The SMILES string of the molecule is N[C@H](O)[C@@H](CCO)C(=O)OCc1ccccc1. The maximum Gasteiger partial charge on any atom is 0.313 e. The van der Waals surface area contributed by atoms with Gasteiger partial charge in [0.25, 0.3) is 0 Å². The molecule has 0 saturated heterocycles. The van der Waals surface area contributed by atoms with Gasteiger partial charge >= 0.3 is 5.97 Å². The summed E-state index contributed by atoms with van der Waals surface area (Å²) in [4.78, 5) is 11.6. The van der Waals surface area contributed by atoms with Gasteiger partial charge in [-0.05, 0) is 12.0 Å². The van der Waals surface area contributed by atoms with Crippen molar-refractivity contribution in [3.8, 4) is 0 Å². The van der Waals surface area contributed by atoms with Crippen molar-refractivity contribution in [2.24, 2.45) is 11.7 Å². The van der Waals surface area contributed by atoms with Crippen LogP contribution in [0.15, 0.2) is 30.3 Å². The maximum absolute atomic E-state index is 11.6. The first-order valence-electron chi connectivity index (χ1n) is 5.40. The monoisotopic (exact) mass is 239 g/mol. The Hall–Kier alpha value is -1.43. The second kappa shape index (κ2) is 7.01. The molecule has 5 nitrogen and oxygen atoms in total. The number of aliphatic hydroxyl groups excluding tert-OH is 2. The van der Waals surface area contributed by atoms with Crippen LogP contribution in [0.25, 0.3) is 0 Å². The van der Waals surface area contributed by atoms with E-state index in [1.807, 2.05) is 30.3 Å². The molecule has 5 heteroatoms. The average molecular weight is 239 g/mol. The van der Waals surface area contributed by atoms with Crippen molar-refractivity contribution in [2.45, 2.75) is 19.3 Å². The quantitative estimate of drug-likeness (QED) is 0.480. The molecule has 0 amide bonds. The summed E-state index contributed by atoms with van der Waals surface area (Å²) in [6.07, 6.45) is -1.23. The maximum atomic E-state index is 11.6. The smallest absolute Gasteiger partial charge is 0.313 e. The van der Waals surface area contributed by atoms with E-state index in [9.17, 15) is 9.90 Å². The Labute approximate surface area is 99.8 Å². The molecule has 1 rings (SSSR count). The third kappa shape index (κ3) is 4.52. The Morgan fingerprint density at radius 2 is 2.00 bits per heavy atom. The Morgan fingerprint density at radius 3 is 2.53 bits per heavy atom. The Balaban J connectivity index is 2.47. The average Bonchev–Trinajstić information content (AvgIpc) is 2.34. The molecule has 0 aliphatic heterocycles. The highest BCUT2D eigenvalue weighted by Crippen LogP contribution is 2.10. The molecule has 4 N–H and O–H groups in total. The second-order valence-corrected chi connectivity index (χ2v) is 3.70. The first kappa shape index (κ1) is 13.6.